The largest absolute Gasteiger partial charge is 0.326 e. The zero-order valence-corrected chi connectivity index (χ0v) is 19.8. The molecule has 1 atom stereocenters. The molecule has 2 aromatic rings. The van der Waals surface area contributed by atoms with Crippen LogP contribution in [-0.2, 0) is 9.59 Å². The van der Waals surface area contributed by atoms with E-state index in [1.54, 1.807) is 11.8 Å². The first kappa shape index (κ1) is 24.0. The molecule has 4 nitrogen and oxygen atoms in total. The van der Waals surface area contributed by atoms with E-state index in [1.165, 1.54) is 11.1 Å². The van der Waals surface area contributed by atoms with Crippen molar-refractivity contribution >= 4 is 35.0 Å². The molecule has 2 rings (SSSR count). The van der Waals surface area contributed by atoms with Crippen LogP contribution in [0, 0.1) is 20.8 Å². The van der Waals surface area contributed by atoms with Gasteiger partial charge in [0, 0.05) is 17.8 Å². The monoisotopic (exact) mass is 426 g/mol. The van der Waals surface area contributed by atoms with E-state index in [1.807, 2.05) is 45.0 Å². The van der Waals surface area contributed by atoms with Gasteiger partial charge in [-0.2, -0.15) is 0 Å². The fourth-order valence-corrected chi connectivity index (χ4v) is 4.22. The summed E-state index contributed by atoms with van der Waals surface area (Å²) in [5.41, 5.74) is 6.35. The number of hydrogen-bond donors (Lipinski definition) is 2. The van der Waals surface area contributed by atoms with E-state index in [2.05, 4.69) is 43.5 Å². The van der Waals surface area contributed by atoms with E-state index in [-0.39, 0.29) is 17.1 Å². The standard InChI is InChI=1S/C25H34N2O2S/c1-16(2)21-9-11-22(12-10-21)26-25(29)20(6)30-13-7-8-23(28)27-24-18(4)14-17(3)15-19(24)5/h9-12,14-16,20H,7-8,13H2,1-6H3,(H,26,29)(H,27,28)/t20-/m1/s1. The first-order valence-electron chi connectivity index (χ1n) is 10.6. The van der Waals surface area contributed by atoms with Crippen LogP contribution in [0.5, 0.6) is 0 Å². The van der Waals surface area contributed by atoms with Crippen LogP contribution in [0.1, 0.15) is 61.8 Å². The Hall–Kier alpha value is -2.27. The van der Waals surface area contributed by atoms with Crippen molar-refractivity contribution in [1.82, 2.24) is 0 Å². The molecule has 0 spiro atoms. The van der Waals surface area contributed by atoms with E-state index in [0.717, 1.165) is 34.7 Å². The van der Waals surface area contributed by atoms with Crippen LogP contribution in [0.25, 0.3) is 0 Å². The smallest absolute Gasteiger partial charge is 0.237 e. The molecule has 0 aliphatic rings. The van der Waals surface area contributed by atoms with Gasteiger partial charge in [-0.15, -0.1) is 11.8 Å². The van der Waals surface area contributed by atoms with Crippen molar-refractivity contribution in [2.24, 2.45) is 0 Å². The number of carbonyl (C=O) groups is 2. The van der Waals surface area contributed by atoms with Crippen molar-refractivity contribution in [3.63, 3.8) is 0 Å². The third-order valence-electron chi connectivity index (χ3n) is 5.07. The minimum absolute atomic E-state index is 0.00680. The maximum absolute atomic E-state index is 12.4. The zero-order valence-electron chi connectivity index (χ0n) is 19.0. The summed E-state index contributed by atoms with van der Waals surface area (Å²) in [7, 11) is 0. The van der Waals surface area contributed by atoms with Crippen molar-refractivity contribution < 1.29 is 9.59 Å². The fraction of sp³-hybridized carbons (Fsp3) is 0.440. The molecule has 2 N–H and O–H groups in total. The summed E-state index contributed by atoms with van der Waals surface area (Å²) in [4.78, 5) is 24.7. The van der Waals surface area contributed by atoms with Gasteiger partial charge >= 0.3 is 0 Å². The lowest BCUT2D eigenvalue weighted by atomic mass is 10.0. The summed E-state index contributed by atoms with van der Waals surface area (Å²) in [5, 5.41) is 5.84. The van der Waals surface area contributed by atoms with Crippen LogP contribution in [0.15, 0.2) is 36.4 Å². The van der Waals surface area contributed by atoms with E-state index in [9.17, 15) is 9.59 Å². The minimum atomic E-state index is -0.167. The van der Waals surface area contributed by atoms with Crippen molar-refractivity contribution in [2.75, 3.05) is 16.4 Å². The Kier molecular flexibility index (Phi) is 8.97. The molecule has 0 radical (unpaired) electrons. The first-order chi connectivity index (χ1) is 14.2. The Morgan fingerprint density at radius 3 is 2.10 bits per heavy atom. The lowest BCUT2D eigenvalue weighted by Gasteiger charge is -2.14. The van der Waals surface area contributed by atoms with Gasteiger partial charge < -0.3 is 10.6 Å². The second-order valence-corrected chi connectivity index (χ2v) is 9.65. The van der Waals surface area contributed by atoms with Crippen molar-refractivity contribution in [3.05, 3.63) is 58.7 Å². The van der Waals surface area contributed by atoms with Gasteiger partial charge in [-0.3, -0.25) is 9.59 Å². The molecule has 0 aliphatic heterocycles. The number of benzene rings is 2. The third kappa shape index (κ3) is 7.21. The Morgan fingerprint density at radius 1 is 0.933 bits per heavy atom. The van der Waals surface area contributed by atoms with Gasteiger partial charge in [-0.25, -0.2) is 0 Å². The highest BCUT2D eigenvalue weighted by Crippen LogP contribution is 2.23. The lowest BCUT2D eigenvalue weighted by molar-refractivity contribution is -0.116. The highest BCUT2D eigenvalue weighted by atomic mass is 32.2. The van der Waals surface area contributed by atoms with Crippen molar-refractivity contribution in [3.8, 4) is 0 Å². The predicted molar refractivity (Wildman–Crippen MR) is 130 cm³/mol. The molecule has 0 saturated heterocycles. The SMILES string of the molecule is Cc1cc(C)c(NC(=O)CCCS[C@H](C)C(=O)Nc2ccc(C(C)C)cc2)c(C)c1. The molecule has 30 heavy (non-hydrogen) atoms. The molecule has 0 bridgehead atoms. The molecule has 0 saturated carbocycles. The molecule has 0 aliphatic carbocycles. The van der Waals surface area contributed by atoms with Gasteiger partial charge in [0.05, 0.1) is 5.25 Å². The minimum Gasteiger partial charge on any atom is -0.326 e. The normalized spacial score (nSPS) is 12.0. The summed E-state index contributed by atoms with van der Waals surface area (Å²) in [6.45, 7) is 12.3. The van der Waals surface area contributed by atoms with Gasteiger partial charge in [0.15, 0.2) is 0 Å². The maximum atomic E-state index is 12.4. The topological polar surface area (TPSA) is 58.2 Å². The summed E-state index contributed by atoms with van der Waals surface area (Å²) in [6.07, 6.45) is 1.19. The quantitative estimate of drug-likeness (QED) is 0.468. The molecular formula is C25H34N2O2S. The first-order valence-corrected chi connectivity index (χ1v) is 11.6. The van der Waals surface area contributed by atoms with Crippen LogP contribution in [0.2, 0.25) is 0 Å². The number of carbonyl (C=O) groups excluding carboxylic acids is 2. The van der Waals surface area contributed by atoms with Gasteiger partial charge in [-0.05, 0) is 74.6 Å². The van der Waals surface area contributed by atoms with Gasteiger partial charge in [0.2, 0.25) is 11.8 Å². The number of aryl methyl sites for hydroxylation is 3. The summed E-state index contributed by atoms with van der Waals surface area (Å²) < 4.78 is 0. The number of thioether (sulfide) groups is 1. The molecule has 0 aromatic heterocycles. The summed E-state index contributed by atoms with van der Waals surface area (Å²) >= 11 is 1.58. The van der Waals surface area contributed by atoms with E-state index in [4.69, 9.17) is 0 Å². The Labute approximate surface area is 185 Å². The number of hydrogen-bond acceptors (Lipinski definition) is 3. The number of rotatable bonds is 9. The molecule has 0 heterocycles. The summed E-state index contributed by atoms with van der Waals surface area (Å²) in [5.74, 6) is 1.25. The average Bonchev–Trinajstić information content (AvgIpc) is 2.68. The molecular weight excluding hydrogens is 392 g/mol. The maximum Gasteiger partial charge on any atom is 0.237 e. The lowest BCUT2D eigenvalue weighted by Crippen LogP contribution is -2.23. The molecule has 2 amide bonds. The molecule has 5 heteroatoms. The number of nitrogens with one attached hydrogen (secondary N) is 2. The Bertz CT molecular complexity index is 852. The predicted octanol–water partition coefficient (Wildman–Crippen LogP) is 6.21. The molecule has 0 fully saturated rings. The fourth-order valence-electron chi connectivity index (χ4n) is 3.34. The van der Waals surface area contributed by atoms with Crippen LogP contribution in [0.4, 0.5) is 11.4 Å². The second-order valence-electron chi connectivity index (χ2n) is 8.20. The average molecular weight is 427 g/mol. The third-order valence-corrected chi connectivity index (χ3v) is 6.31. The Morgan fingerprint density at radius 2 is 1.53 bits per heavy atom. The summed E-state index contributed by atoms with van der Waals surface area (Å²) in [6, 6.07) is 12.2. The number of anilines is 2. The second kappa shape index (κ2) is 11.2. The van der Waals surface area contributed by atoms with Gasteiger partial charge in [0.25, 0.3) is 0 Å². The van der Waals surface area contributed by atoms with Crippen LogP contribution in [0.3, 0.4) is 0 Å². The zero-order chi connectivity index (χ0) is 22.3. The van der Waals surface area contributed by atoms with Crippen LogP contribution in [-0.4, -0.2) is 22.8 Å². The van der Waals surface area contributed by atoms with Crippen molar-refractivity contribution in [2.45, 2.75) is 65.6 Å². The highest BCUT2D eigenvalue weighted by Gasteiger charge is 2.14. The van der Waals surface area contributed by atoms with E-state index >= 15 is 0 Å². The van der Waals surface area contributed by atoms with Crippen LogP contribution < -0.4 is 10.6 Å². The number of amides is 2. The molecule has 2 aromatic carbocycles. The van der Waals surface area contributed by atoms with E-state index in [0.29, 0.717) is 12.3 Å². The van der Waals surface area contributed by atoms with Crippen LogP contribution >= 0.6 is 11.8 Å². The van der Waals surface area contributed by atoms with Gasteiger partial charge in [-0.1, -0.05) is 43.7 Å². The van der Waals surface area contributed by atoms with Crippen molar-refractivity contribution in [1.29, 1.82) is 0 Å². The van der Waals surface area contributed by atoms with Gasteiger partial charge in [0.1, 0.15) is 0 Å². The van der Waals surface area contributed by atoms with E-state index < -0.39 is 0 Å². The highest BCUT2D eigenvalue weighted by molar-refractivity contribution is 8.00. The molecule has 162 valence electrons. The Balaban J connectivity index is 1.73. The molecule has 0 unspecified atom stereocenters.